The second-order valence-corrected chi connectivity index (χ2v) is 6.23. The van der Waals surface area contributed by atoms with Crippen molar-refractivity contribution in [2.75, 3.05) is 13.1 Å². The Labute approximate surface area is 106 Å². The minimum absolute atomic E-state index is 0.0545. The zero-order valence-corrected chi connectivity index (χ0v) is 10.5. The number of piperidine rings is 1. The molecule has 1 aromatic rings. The van der Waals surface area contributed by atoms with Gasteiger partial charge in [0.15, 0.2) is 0 Å². The van der Waals surface area contributed by atoms with Crippen molar-refractivity contribution in [1.29, 1.82) is 5.26 Å². The zero-order chi connectivity index (χ0) is 13.2. The molecule has 0 saturated carbocycles. The standard InChI is InChI=1S/C12H13FN2O2S/c13-11-4-1-5-12(7-11)18(16,17)15-6-2-3-10(8-14)9-15/h1,4-5,7,10H,2-3,6,9H2. The largest absolute Gasteiger partial charge is 0.243 e. The number of nitrogens with zero attached hydrogens (tertiary/aromatic N) is 2. The average Bonchev–Trinajstić information content (AvgIpc) is 2.39. The molecule has 0 amide bonds. The molecule has 1 aliphatic rings. The molecule has 0 radical (unpaired) electrons. The van der Waals surface area contributed by atoms with Crippen molar-refractivity contribution in [2.24, 2.45) is 5.92 Å². The number of sulfonamides is 1. The number of halogens is 1. The van der Waals surface area contributed by atoms with Gasteiger partial charge in [-0.2, -0.15) is 9.57 Å². The lowest BCUT2D eigenvalue weighted by molar-refractivity contribution is 0.305. The first-order valence-electron chi connectivity index (χ1n) is 5.69. The van der Waals surface area contributed by atoms with Crippen LogP contribution in [0.5, 0.6) is 0 Å². The summed E-state index contributed by atoms with van der Waals surface area (Å²) in [5.41, 5.74) is 0. The van der Waals surface area contributed by atoms with Crippen LogP contribution >= 0.6 is 0 Å². The third kappa shape index (κ3) is 2.52. The molecule has 0 aliphatic carbocycles. The number of benzene rings is 1. The van der Waals surface area contributed by atoms with E-state index in [4.69, 9.17) is 5.26 Å². The Morgan fingerprint density at radius 3 is 2.89 bits per heavy atom. The predicted molar refractivity (Wildman–Crippen MR) is 63.5 cm³/mol. The number of hydrogen-bond acceptors (Lipinski definition) is 3. The Bertz CT molecular complexity index is 580. The van der Waals surface area contributed by atoms with Crippen LogP contribution in [0.25, 0.3) is 0 Å². The highest BCUT2D eigenvalue weighted by Gasteiger charge is 2.30. The Kier molecular flexibility index (Phi) is 3.64. The first kappa shape index (κ1) is 13.0. The predicted octanol–water partition coefficient (Wildman–Crippen LogP) is 1.75. The van der Waals surface area contributed by atoms with E-state index >= 15 is 0 Å². The molecule has 18 heavy (non-hydrogen) atoms. The Morgan fingerprint density at radius 1 is 1.44 bits per heavy atom. The maximum atomic E-state index is 13.1. The van der Waals surface area contributed by atoms with Crippen LogP contribution in [0.3, 0.4) is 0 Å². The van der Waals surface area contributed by atoms with Crippen molar-refractivity contribution in [2.45, 2.75) is 17.7 Å². The minimum Gasteiger partial charge on any atom is -0.207 e. The normalized spacial score (nSPS) is 21.4. The Hall–Kier alpha value is -1.45. The van der Waals surface area contributed by atoms with E-state index in [2.05, 4.69) is 6.07 Å². The van der Waals surface area contributed by atoms with Crippen molar-refractivity contribution < 1.29 is 12.8 Å². The molecule has 1 aromatic carbocycles. The van der Waals surface area contributed by atoms with Gasteiger partial charge < -0.3 is 0 Å². The summed E-state index contributed by atoms with van der Waals surface area (Å²) in [5, 5.41) is 8.86. The summed E-state index contributed by atoms with van der Waals surface area (Å²) in [5.74, 6) is -0.855. The van der Waals surface area contributed by atoms with Gasteiger partial charge in [-0.1, -0.05) is 6.07 Å². The molecule has 1 saturated heterocycles. The van der Waals surface area contributed by atoms with Crippen molar-refractivity contribution in [1.82, 2.24) is 4.31 Å². The highest BCUT2D eigenvalue weighted by Crippen LogP contribution is 2.23. The molecular formula is C12H13FN2O2S. The van der Waals surface area contributed by atoms with Crippen molar-refractivity contribution in [3.8, 4) is 6.07 Å². The second-order valence-electron chi connectivity index (χ2n) is 4.29. The monoisotopic (exact) mass is 268 g/mol. The van der Waals surface area contributed by atoms with Gasteiger partial charge in [0.2, 0.25) is 10.0 Å². The molecule has 0 N–H and O–H groups in total. The average molecular weight is 268 g/mol. The zero-order valence-electron chi connectivity index (χ0n) is 9.71. The third-order valence-corrected chi connectivity index (χ3v) is 4.86. The van der Waals surface area contributed by atoms with Gasteiger partial charge in [0, 0.05) is 13.1 Å². The molecule has 96 valence electrons. The summed E-state index contributed by atoms with van der Waals surface area (Å²) in [6, 6.07) is 7.03. The molecule has 0 bridgehead atoms. The Balaban J connectivity index is 2.29. The van der Waals surface area contributed by atoms with E-state index in [1.54, 1.807) is 0 Å². The van der Waals surface area contributed by atoms with Crippen LogP contribution in [0.15, 0.2) is 29.2 Å². The molecule has 0 spiro atoms. The van der Waals surface area contributed by atoms with Gasteiger partial charge in [0.1, 0.15) is 5.82 Å². The van der Waals surface area contributed by atoms with E-state index in [9.17, 15) is 12.8 Å². The smallest absolute Gasteiger partial charge is 0.207 e. The van der Waals surface area contributed by atoms with E-state index in [0.717, 1.165) is 6.07 Å². The lowest BCUT2D eigenvalue weighted by atomic mass is 10.0. The van der Waals surface area contributed by atoms with Crippen LogP contribution in [0.2, 0.25) is 0 Å². The molecule has 2 rings (SSSR count). The molecule has 1 heterocycles. The molecule has 1 atom stereocenters. The lowest BCUT2D eigenvalue weighted by Gasteiger charge is -2.28. The summed E-state index contributed by atoms with van der Waals surface area (Å²) >= 11 is 0. The van der Waals surface area contributed by atoms with E-state index in [-0.39, 0.29) is 17.4 Å². The molecule has 6 heteroatoms. The minimum atomic E-state index is -3.69. The molecule has 1 unspecified atom stereocenters. The topological polar surface area (TPSA) is 61.2 Å². The Morgan fingerprint density at radius 2 is 2.22 bits per heavy atom. The SMILES string of the molecule is N#CC1CCCN(S(=O)(=O)c2cccc(F)c2)C1. The van der Waals surface area contributed by atoms with Crippen LogP contribution in [0, 0.1) is 23.1 Å². The summed E-state index contributed by atoms with van der Waals surface area (Å²) in [4.78, 5) is -0.0545. The first-order chi connectivity index (χ1) is 8.54. The summed E-state index contributed by atoms with van der Waals surface area (Å²) in [7, 11) is -3.69. The summed E-state index contributed by atoms with van der Waals surface area (Å²) in [6.45, 7) is 0.576. The molecule has 0 aromatic heterocycles. The van der Waals surface area contributed by atoms with Crippen LogP contribution in [-0.4, -0.2) is 25.8 Å². The third-order valence-electron chi connectivity index (χ3n) is 3.00. The maximum Gasteiger partial charge on any atom is 0.243 e. The quantitative estimate of drug-likeness (QED) is 0.821. The first-order valence-corrected chi connectivity index (χ1v) is 7.13. The van der Waals surface area contributed by atoms with Gasteiger partial charge in [-0.25, -0.2) is 12.8 Å². The van der Waals surface area contributed by atoms with E-state index in [1.165, 1.54) is 22.5 Å². The van der Waals surface area contributed by atoms with Crippen molar-refractivity contribution in [3.63, 3.8) is 0 Å². The van der Waals surface area contributed by atoms with Crippen LogP contribution < -0.4 is 0 Å². The van der Waals surface area contributed by atoms with Gasteiger partial charge >= 0.3 is 0 Å². The highest BCUT2D eigenvalue weighted by atomic mass is 32.2. The van der Waals surface area contributed by atoms with E-state index in [0.29, 0.717) is 19.4 Å². The van der Waals surface area contributed by atoms with Gasteiger partial charge in [-0.3, -0.25) is 0 Å². The molecule has 1 fully saturated rings. The fourth-order valence-electron chi connectivity index (χ4n) is 2.04. The van der Waals surface area contributed by atoms with E-state index in [1.807, 2.05) is 0 Å². The second kappa shape index (κ2) is 5.04. The van der Waals surface area contributed by atoms with Crippen LogP contribution in [-0.2, 0) is 10.0 Å². The number of nitriles is 1. The van der Waals surface area contributed by atoms with Crippen molar-refractivity contribution in [3.05, 3.63) is 30.1 Å². The van der Waals surface area contributed by atoms with E-state index < -0.39 is 15.8 Å². The maximum absolute atomic E-state index is 13.1. The van der Waals surface area contributed by atoms with Gasteiger partial charge in [-0.05, 0) is 31.0 Å². The lowest BCUT2D eigenvalue weighted by Crippen LogP contribution is -2.39. The van der Waals surface area contributed by atoms with Gasteiger partial charge in [-0.15, -0.1) is 0 Å². The van der Waals surface area contributed by atoms with Crippen LogP contribution in [0.4, 0.5) is 4.39 Å². The van der Waals surface area contributed by atoms with Gasteiger partial charge in [0.05, 0.1) is 16.9 Å². The number of rotatable bonds is 2. The molecule has 4 nitrogen and oxygen atoms in total. The molecule has 1 aliphatic heterocycles. The van der Waals surface area contributed by atoms with Gasteiger partial charge in [0.25, 0.3) is 0 Å². The van der Waals surface area contributed by atoms with Crippen LogP contribution in [0.1, 0.15) is 12.8 Å². The summed E-state index contributed by atoms with van der Waals surface area (Å²) < 4.78 is 38.8. The molecular weight excluding hydrogens is 255 g/mol. The summed E-state index contributed by atoms with van der Waals surface area (Å²) in [6.07, 6.45) is 1.37. The van der Waals surface area contributed by atoms with Crippen molar-refractivity contribution >= 4 is 10.0 Å². The fourth-order valence-corrected chi connectivity index (χ4v) is 3.60. The highest BCUT2D eigenvalue weighted by molar-refractivity contribution is 7.89. The number of hydrogen-bond donors (Lipinski definition) is 0. The fraction of sp³-hybridized carbons (Fsp3) is 0.417.